The number of azide groups is 1. The van der Waals surface area contributed by atoms with Crippen molar-refractivity contribution in [1.82, 2.24) is 0 Å². The van der Waals surface area contributed by atoms with Gasteiger partial charge >= 0.3 is 11.9 Å². The highest BCUT2D eigenvalue weighted by atomic mass is 16.4. The van der Waals surface area contributed by atoms with E-state index in [0.717, 1.165) is 10.8 Å². The lowest BCUT2D eigenvalue weighted by Gasteiger charge is -2.17. The van der Waals surface area contributed by atoms with Crippen LogP contribution in [0.2, 0.25) is 0 Å². The summed E-state index contributed by atoms with van der Waals surface area (Å²) in [7, 11) is 0. The van der Waals surface area contributed by atoms with Gasteiger partial charge in [-0.2, -0.15) is 0 Å². The molecule has 0 aliphatic heterocycles. The lowest BCUT2D eigenvalue weighted by molar-refractivity contribution is 0.0696. The van der Waals surface area contributed by atoms with E-state index in [-0.39, 0.29) is 16.7 Å². The second-order valence-electron chi connectivity index (χ2n) is 8.73. The molecule has 182 valence electrons. The SMILES string of the molecule is [N-]=[N+]=Nc1ccc2c(ccc3c(-c4c(C(=O)O)cccc4C(=O)O)c4ccc5cc(=N)ccc5c4oc32)c1. The summed E-state index contributed by atoms with van der Waals surface area (Å²) in [6.45, 7) is 0. The molecule has 1 aromatic heterocycles. The number of hydrogen-bond acceptors (Lipinski definition) is 5. The standard InChI is InChI=1S/C29H16N4O5/c30-16-6-10-18-14(12-16)4-8-20-24(25-22(28(34)35)2-1-3-23(25)29(36)37)21-9-5-15-13-17(32-33-31)7-11-19(15)27(21)38-26(18)20/h1-13,30H,(H,34,35)(H,36,37). The van der Waals surface area contributed by atoms with Crippen molar-refractivity contribution < 1.29 is 24.2 Å². The molecule has 0 fully saturated rings. The summed E-state index contributed by atoms with van der Waals surface area (Å²) < 4.78 is 6.52. The van der Waals surface area contributed by atoms with Crippen LogP contribution in [0.3, 0.4) is 0 Å². The van der Waals surface area contributed by atoms with Crippen LogP contribution in [0.5, 0.6) is 0 Å². The Labute approximate surface area is 212 Å². The first kappa shape index (κ1) is 22.8. The van der Waals surface area contributed by atoms with Crippen LogP contribution in [0.1, 0.15) is 20.7 Å². The number of nitrogens with one attached hydrogen (secondary N) is 1. The van der Waals surface area contributed by atoms with E-state index in [4.69, 9.17) is 15.4 Å². The fourth-order valence-electron chi connectivity index (χ4n) is 5.01. The third-order valence-corrected chi connectivity index (χ3v) is 6.60. The number of benzene rings is 5. The van der Waals surface area contributed by atoms with Crippen molar-refractivity contribution in [3.63, 3.8) is 0 Å². The van der Waals surface area contributed by atoms with Crippen LogP contribution in [-0.4, -0.2) is 22.2 Å². The summed E-state index contributed by atoms with van der Waals surface area (Å²) in [5.74, 6) is -2.52. The Bertz CT molecular complexity index is 2090. The van der Waals surface area contributed by atoms with E-state index in [2.05, 4.69) is 10.0 Å². The van der Waals surface area contributed by atoms with Gasteiger partial charge in [0.05, 0.1) is 16.5 Å². The van der Waals surface area contributed by atoms with Crippen LogP contribution in [0.4, 0.5) is 5.69 Å². The molecule has 3 N–H and O–H groups in total. The van der Waals surface area contributed by atoms with Crippen molar-refractivity contribution in [2.24, 2.45) is 5.11 Å². The molecule has 0 saturated carbocycles. The molecular formula is C29H16N4O5. The monoisotopic (exact) mass is 500 g/mol. The second kappa shape index (κ2) is 8.48. The van der Waals surface area contributed by atoms with Gasteiger partial charge in [-0.1, -0.05) is 35.4 Å². The first-order valence-corrected chi connectivity index (χ1v) is 11.4. The summed E-state index contributed by atoms with van der Waals surface area (Å²) in [6.07, 6.45) is 0. The van der Waals surface area contributed by atoms with Gasteiger partial charge in [-0.15, -0.1) is 0 Å². The van der Waals surface area contributed by atoms with Crippen LogP contribution in [0.15, 0.2) is 88.4 Å². The highest BCUT2D eigenvalue weighted by Gasteiger charge is 2.25. The molecule has 0 aliphatic carbocycles. The average molecular weight is 500 g/mol. The Kier molecular flexibility index (Phi) is 5.08. The Morgan fingerprint density at radius 1 is 0.737 bits per heavy atom. The average Bonchev–Trinajstić information content (AvgIpc) is 2.91. The number of carboxylic acid groups (broad SMARTS) is 2. The Balaban J connectivity index is 1.90. The van der Waals surface area contributed by atoms with Gasteiger partial charge in [-0.05, 0) is 64.8 Å². The maximum atomic E-state index is 12.3. The number of carbonyl (C=O) groups is 2. The quantitative estimate of drug-likeness (QED) is 0.0755. The van der Waals surface area contributed by atoms with Gasteiger partial charge in [0.2, 0.25) is 0 Å². The molecule has 9 heteroatoms. The lowest BCUT2D eigenvalue weighted by Crippen LogP contribution is -2.07. The largest absolute Gasteiger partial charge is 0.478 e. The number of hydrogen-bond donors (Lipinski definition) is 3. The van der Waals surface area contributed by atoms with Crippen LogP contribution in [-0.2, 0) is 0 Å². The van der Waals surface area contributed by atoms with E-state index in [0.29, 0.717) is 49.3 Å². The zero-order chi connectivity index (χ0) is 26.6. The van der Waals surface area contributed by atoms with Gasteiger partial charge in [0.25, 0.3) is 0 Å². The van der Waals surface area contributed by atoms with Crippen molar-refractivity contribution in [2.75, 3.05) is 0 Å². The van der Waals surface area contributed by atoms with Crippen molar-refractivity contribution >= 4 is 61.1 Å². The fourth-order valence-corrected chi connectivity index (χ4v) is 5.01. The van der Waals surface area contributed by atoms with Gasteiger partial charge in [0, 0.05) is 43.3 Å². The summed E-state index contributed by atoms with van der Waals surface area (Å²) in [5, 5.41) is 36.0. The van der Waals surface area contributed by atoms with E-state index in [1.165, 1.54) is 18.2 Å². The predicted molar refractivity (Wildman–Crippen MR) is 143 cm³/mol. The smallest absolute Gasteiger partial charge is 0.336 e. The molecule has 0 atom stereocenters. The van der Waals surface area contributed by atoms with Gasteiger partial charge < -0.3 is 20.0 Å². The summed E-state index contributed by atoms with van der Waals surface area (Å²) >= 11 is 0. The molecule has 0 bridgehead atoms. The van der Waals surface area contributed by atoms with E-state index in [9.17, 15) is 19.8 Å². The highest BCUT2D eigenvalue weighted by Crippen LogP contribution is 2.44. The second-order valence-corrected chi connectivity index (χ2v) is 8.73. The topological polar surface area (TPSA) is 160 Å². The Morgan fingerprint density at radius 2 is 1.29 bits per heavy atom. The number of aromatic carboxylic acids is 2. The summed E-state index contributed by atoms with van der Waals surface area (Å²) in [6, 6.07) is 21.4. The molecule has 0 spiro atoms. The molecule has 0 radical (unpaired) electrons. The van der Waals surface area contributed by atoms with Gasteiger partial charge in [-0.3, -0.25) is 0 Å². The molecule has 9 nitrogen and oxygen atoms in total. The molecule has 6 rings (SSSR count). The highest BCUT2D eigenvalue weighted by molar-refractivity contribution is 6.22. The number of rotatable bonds is 4. The Morgan fingerprint density at radius 3 is 1.87 bits per heavy atom. The number of fused-ring (bicyclic) bond motifs is 6. The van der Waals surface area contributed by atoms with E-state index in [1.807, 2.05) is 0 Å². The molecule has 0 unspecified atom stereocenters. The third kappa shape index (κ3) is 3.42. The normalized spacial score (nSPS) is 11.2. The third-order valence-electron chi connectivity index (χ3n) is 6.60. The first-order chi connectivity index (χ1) is 18.4. The van der Waals surface area contributed by atoms with Gasteiger partial charge in [0.1, 0.15) is 11.2 Å². The van der Waals surface area contributed by atoms with Crippen molar-refractivity contribution in [1.29, 1.82) is 5.41 Å². The van der Waals surface area contributed by atoms with Crippen molar-refractivity contribution in [3.05, 3.63) is 106 Å². The molecule has 0 aliphatic rings. The van der Waals surface area contributed by atoms with Crippen LogP contribution < -0.4 is 5.36 Å². The zero-order valence-electron chi connectivity index (χ0n) is 19.5. The van der Waals surface area contributed by atoms with E-state index >= 15 is 0 Å². The first-order valence-electron chi connectivity index (χ1n) is 11.4. The van der Waals surface area contributed by atoms with Gasteiger partial charge in [0.15, 0.2) is 0 Å². The molecule has 0 saturated heterocycles. The maximum Gasteiger partial charge on any atom is 0.336 e. The minimum atomic E-state index is -1.26. The fraction of sp³-hybridized carbons (Fsp3) is 0. The van der Waals surface area contributed by atoms with E-state index in [1.54, 1.807) is 60.7 Å². The van der Waals surface area contributed by atoms with Crippen molar-refractivity contribution in [3.8, 4) is 11.1 Å². The number of nitrogens with zero attached hydrogens (tertiary/aromatic N) is 3. The lowest BCUT2D eigenvalue weighted by atomic mass is 9.88. The molecular weight excluding hydrogens is 484 g/mol. The predicted octanol–water partition coefficient (Wildman–Crippen LogP) is 7.38. The molecule has 0 amide bonds. The minimum absolute atomic E-state index is 0.0693. The van der Waals surface area contributed by atoms with Crippen LogP contribution >= 0.6 is 0 Å². The summed E-state index contributed by atoms with van der Waals surface area (Å²) in [5.41, 5.74) is 10.3. The van der Waals surface area contributed by atoms with Gasteiger partial charge in [-0.25, -0.2) is 9.59 Å². The molecule has 1 heterocycles. The van der Waals surface area contributed by atoms with Crippen LogP contribution in [0.25, 0.3) is 65.1 Å². The zero-order valence-corrected chi connectivity index (χ0v) is 19.5. The Hall–Kier alpha value is -5.66. The number of carboxylic acids is 2. The van der Waals surface area contributed by atoms with E-state index < -0.39 is 11.9 Å². The summed E-state index contributed by atoms with van der Waals surface area (Å²) in [4.78, 5) is 27.5. The molecule has 38 heavy (non-hydrogen) atoms. The minimum Gasteiger partial charge on any atom is -0.478 e. The molecule has 5 aromatic carbocycles. The van der Waals surface area contributed by atoms with Crippen molar-refractivity contribution in [2.45, 2.75) is 0 Å². The maximum absolute atomic E-state index is 12.3. The molecule has 6 aromatic rings. The van der Waals surface area contributed by atoms with Crippen LogP contribution in [0, 0.1) is 5.41 Å².